The smallest absolute Gasteiger partial charge is 0.120 e. The van der Waals surface area contributed by atoms with Crippen LogP contribution in [-0.2, 0) is 0 Å². The first-order chi connectivity index (χ1) is 8.75. The zero-order valence-electron chi connectivity index (χ0n) is 10.2. The van der Waals surface area contributed by atoms with Crippen molar-refractivity contribution >= 4 is 0 Å². The molecular weight excluding hydrogens is 230 g/mol. The number of furan rings is 1. The molecule has 0 aliphatic heterocycles. The quantitative estimate of drug-likeness (QED) is 0.859. The molecule has 2 aromatic heterocycles. The number of aliphatic hydroxyl groups excluding tert-OH is 1. The molecule has 0 aromatic carbocycles. The molecule has 1 aliphatic carbocycles. The molecule has 1 aliphatic rings. The molecule has 5 nitrogen and oxygen atoms in total. The second-order valence-corrected chi connectivity index (χ2v) is 4.79. The Morgan fingerprint density at radius 2 is 2.44 bits per heavy atom. The van der Waals surface area contributed by atoms with E-state index in [1.54, 1.807) is 12.5 Å². The highest BCUT2D eigenvalue weighted by molar-refractivity contribution is 5.07. The number of rotatable bonds is 4. The number of nitrogens with one attached hydrogen (secondary N) is 1. The highest BCUT2D eigenvalue weighted by Crippen LogP contribution is 2.33. The lowest BCUT2D eigenvalue weighted by Gasteiger charge is -2.43. The van der Waals surface area contributed by atoms with Gasteiger partial charge in [0, 0.05) is 18.4 Å². The average Bonchev–Trinajstić information content (AvgIpc) is 3.00. The third-order valence-corrected chi connectivity index (χ3v) is 3.57. The van der Waals surface area contributed by atoms with Crippen LogP contribution in [0.2, 0.25) is 0 Å². The van der Waals surface area contributed by atoms with Crippen molar-refractivity contribution in [3.8, 4) is 0 Å². The molecule has 2 aromatic rings. The van der Waals surface area contributed by atoms with Crippen LogP contribution < -0.4 is 5.32 Å². The molecule has 96 valence electrons. The van der Waals surface area contributed by atoms with Gasteiger partial charge < -0.3 is 14.8 Å². The number of aliphatic hydroxyl groups is 1. The van der Waals surface area contributed by atoms with Gasteiger partial charge in [0.15, 0.2) is 0 Å². The van der Waals surface area contributed by atoms with Crippen LogP contribution in [0.4, 0.5) is 0 Å². The van der Waals surface area contributed by atoms with Crippen molar-refractivity contribution in [1.29, 1.82) is 0 Å². The monoisotopic (exact) mass is 247 g/mol. The fraction of sp³-hybridized carbons (Fsp3) is 0.462. The van der Waals surface area contributed by atoms with Gasteiger partial charge in [-0.05, 0) is 31.5 Å². The summed E-state index contributed by atoms with van der Waals surface area (Å²) in [5, 5.41) is 17.5. The van der Waals surface area contributed by atoms with Crippen LogP contribution in [0.5, 0.6) is 0 Å². The average molecular weight is 247 g/mol. The van der Waals surface area contributed by atoms with Crippen molar-refractivity contribution in [3.05, 3.63) is 42.6 Å². The molecule has 2 heterocycles. The van der Waals surface area contributed by atoms with Crippen LogP contribution in [0, 0.1) is 0 Å². The van der Waals surface area contributed by atoms with E-state index in [9.17, 15) is 5.11 Å². The Hall–Kier alpha value is -1.59. The van der Waals surface area contributed by atoms with E-state index >= 15 is 0 Å². The minimum atomic E-state index is -0.328. The van der Waals surface area contributed by atoms with Gasteiger partial charge in [0.2, 0.25) is 0 Å². The number of aromatic nitrogens is 2. The fourth-order valence-corrected chi connectivity index (χ4v) is 2.54. The molecule has 0 spiro atoms. The van der Waals surface area contributed by atoms with Gasteiger partial charge in [-0.2, -0.15) is 5.10 Å². The van der Waals surface area contributed by atoms with Crippen molar-refractivity contribution < 1.29 is 9.52 Å². The summed E-state index contributed by atoms with van der Waals surface area (Å²) in [5.74, 6) is 0.913. The number of hydrogen-bond donors (Lipinski definition) is 2. The maximum atomic E-state index is 9.87. The van der Waals surface area contributed by atoms with Crippen LogP contribution in [0.1, 0.15) is 31.2 Å². The van der Waals surface area contributed by atoms with Gasteiger partial charge in [-0.25, -0.2) is 0 Å². The molecular formula is C13H17N3O2. The van der Waals surface area contributed by atoms with Crippen LogP contribution in [0.15, 0.2) is 41.3 Å². The molecule has 4 atom stereocenters. The first-order valence-electron chi connectivity index (χ1n) is 6.22. The van der Waals surface area contributed by atoms with Crippen molar-refractivity contribution in [2.75, 3.05) is 0 Å². The van der Waals surface area contributed by atoms with E-state index in [2.05, 4.69) is 17.3 Å². The minimum Gasteiger partial charge on any atom is -0.468 e. The molecule has 1 unspecified atom stereocenters. The summed E-state index contributed by atoms with van der Waals surface area (Å²) in [4.78, 5) is 0. The summed E-state index contributed by atoms with van der Waals surface area (Å²) in [5.41, 5.74) is 0. The molecule has 5 heteroatoms. The zero-order chi connectivity index (χ0) is 12.5. The van der Waals surface area contributed by atoms with Crippen molar-refractivity contribution in [2.24, 2.45) is 0 Å². The highest BCUT2D eigenvalue weighted by Gasteiger charge is 2.42. The fourth-order valence-electron chi connectivity index (χ4n) is 2.54. The summed E-state index contributed by atoms with van der Waals surface area (Å²) in [6.45, 7) is 2.06. The van der Waals surface area contributed by atoms with Gasteiger partial charge in [-0.3, -0.25) is 4.68 Å². The van der Waals surface area contributed by atoms with Crippen molar-refractivity contribution in [3.63, 3.8) is 0 Å². The molecule has 0 saturated heterocycles. The molecule has 3 rings (SSSR count). The van der Waals surface area contributed by atoms with E-state index in [0.29, 0.717) is 0 Å². The molecule has 1 saturated carbocycles. The molecule has 18 heavy (non-hydrogen) atoms. The first-order valence-corrected chi connectivity index (χ1v) is 6.22. The van der Waals surface area contributed by atoms with E-state index < -0.39 is 0 Å². The third kappa shape index (κ3) is 1.95. The van der Waals surface area contributed by atoms with Crippen LogP contribution >= 0.6 is 0 Å². The summed E-state index contributed by atoms with van der Waals surface area (Å²) in [7, 11) is 0. The molecule has 0 radical (unpaired) electrons. The number of nitrogens with zero attached hydrogens (tertiary/aromatic N) is 2. The minimum absolute atomic E-state index is 0.0115. The van der Waals surface area contributed by atoms with Crippen molar-refractivity contribution in [2.45, 2.75) is 37.6 Å². The Kier molecular flexibility index (Phi) is 2.93. The van der Waals surface area contributed by atoms with Gasteiger partial charge in [0.05, 0.1) is 24.5 Å². The Bertz CT molecular complexity index is 480. The lowest BCUT2D eigenvalue weighted by atomic mass is 9.82. The largest absolute Gasteiger partial charge is 0.468 e. The maximum Gasteiger partial charge on any atom is 0.120 e. The van der Waals surface area contributed by atoms with Crippen LogP contribution in [-0.4, -0.2) is 27.0 Å². The topological polar surface area (TPSA) is 63.2 Å². The molecule has 0 amide bonds. The van der Waals surface area contributed by atoms with Crippen LogP contribution in [0.25, 0.3) is 0 Å². The van der Waals surface area contributed by atoms with Gasteiger partial charge in [0.25, 0.3) is 0 Å². The summed E-state index contributed by atoms with van der Waals surface area (Å²) in [6.07, 6.45) is 5.72. The predicted octanol–water partition coefficient (Wildman–Crippen LogP) is 1.50. The van der Waals surface area contributed by atoms with E-state index in [0.717, 1.165) is 12.2 Å². The zero-order valence-corrected chi connectivity index (χ0v) is 10.2. The Morgan fingerprint density at radius 3 is 3.06 bits per heavy atom. The van der Waals surface area contributed by atoms with Gasteiger partial charge >= 0.3 is 0 Å². The summed E-state index contributed by atoms with van der Waals surface area (Å²) < 4.78 is 7.19. The summed E-state index contributed by atoms with van der Waals surface area (Å²) >= 11 is 0. The maximum absolute atomic E-state index is 9.87. The van der Waals surface area contributed by atoms with E-state index in [-0.39, 0.29) is 24.2 Å². The van der Waals surface area contributed by atoms with E-state index in [1.165, 1.54) is 0 Å². The standard InChI is InChI=1S/C13H17N3O2/c1-9(12-4-2-7-18-12)15-10-8-11(17)13(10)16-6-3-5-14-16/h2-7,9-11,13,15,17H,8H2,1H3/t9?,10-,11+,13+/m0/s1. The lowest BCUT2D eigenvalue weighted by Crippen LogP contribution is -2.55. The third-order valence-electron chi connectivity index (χ3n) is 3.57. The molecule has 1 fully saturated rings. The van der Waals surface area contributed by atoms with E-state index in [1.807, 2.05) is 29.1 Å². The van der Waals surface area contributed by atoms with Crippen LogP contribution in [0.3, 0.4) is 0 Å². The Morgan fingerprint density at radius 1 is 1.56 bits per heavy atom. The second kappa shape index (κ2) is 4.59. The summed E-state index contributed by atoms with van der Waals surface area (Å²) in [6, 6.07) is 6.08. The molecule has 0 bridgehead atoms. The number of hydrogen-bond acceptors (Lipinski definition) is 4. The highest BCUT2D eigenvalue weighted by atomic mass is 16.3. The normalized spacial score (nSPS) is 28.9. The Labute approximate surface area is 105 Å². The lowest BCUT2D eigenvalue weighted by molar-refractivity contribution is -0.0118. The van der Waals surface area contributed by atoms with Gasteiger partial charge in [0.1, 0.15) is 5.76 Å². The van der Waals surface area contributed by atoms with E-state index in [4.69, 9.17) is 4.42 Å². The predicted molar refractivity (Wildman–Crippen MR) is 65.9 cm³/mol. The van der Waals surface area contributed by atoms with Gasteiger partial charge in [-0.1, -0.05) is 0 Å². The van der Waals surface area contributed by atoms with Crippen molar-refractivity contribution in [1.82, 2.24) is 15.1 Å². The first kappa shape index (κ1) is 11.5. The molecule has 2 N–H and O–H groups in total. The SMILES string of the molecule is CC(N[C@H]1C[C@@H](O)[C@@H]1n1cccn1)c1ccco1. The van der Waals surface area contributed by atoms with Gasteiger partial charge in [-0.15, -0.1) is 0 Å². The second-order valence-electron chi connectivity index (χ2n) is 4.79. The Balaban J connectivity index is 1.67.